The topological polar surface area (TPSA) is 46.2 Å². The van der Waals surface area contributed by atoms with Gasteiger partial charge in [0.2, 0.25) is 0 Å². The maximum atomic E-state index is 10.5. The van der Waals surface area contributed by atoms with Gasteiger partial charge < -0.3 is 0 Å². The van der Waals surface area contributed by atoms with E-state index in [0.29, 0.717) is 0 Å². The Labute approximate surface area is 99.1 Å². The van der Waals surface area contributed by atoms with E-state index >= 15 is 0 Å². The molecule has 0 aliphatic rings. The lowest BCUT2D eigenvalue weighted by molar-refractivity contribution is -0.278. The van der Waals surface area contributed by atoms with Crippen LogP contribution >= 0.6 is 0 Å². The quantitative estimate of drug-likeness (QED) is 0.303. The van der Waals surface area contributed by atoms with Gasteiger partial charge in [-0.3, -0.25) is 4.89 Å². The highest BCUT2D eigenvalue weighted by Gasteiger charge is 2.01. The molecule has 0 rings (SSSR count). The van der Waals surface area contributed by atoms with Gasteiger partial charge in [-0.2, -0.15) is 0 Å². The van der Waals surface area contributed by atoms with Crippen molar-refractivity contribution >= 4 is 5.97 Å². The van der Waals surface area contributed by atoms with E-state index in [2.05, 4.69) is 11.8 Å². The largest absolute Gasteiger partial charge is 0.345 e. The van der Waals surface area contributed by atoms with Crippen LogP contribution in [0.3, 0.4) is 0 Å². The molecule has 3 heteroatoms. The summed E-state index contributed by atoms with van der Waals surface area (Å²) >= 11 is 0. The zero-order chi connectivity index (χ0) is 12.1. The smallest absolute Gasteiger partial charge is 0.266 e. The second-order valence-corrected chi connectivity index (χ2v) is 4.39. The van der Waals surface area contributed by atoms with Crippen molar-refractivity contribution in [2.45, 2.75) is 77.6 Å². The van der Waals surface area contributed by atoms with E-state index in [-0.39, 0.29) is 6.42 Å². The SMILES string of the molecule is CCCCCCCCCCCCC(=O)O[O]. The summed E-state index contributed by atoms with van der Waals surface area (Å²) in [5, 5.41) is 9.67. The van der Waals surface area contributed by atoms with Crippen molar-refractivity contribution in [3.63, 3.8) is 0 Å². The molecule has 0 unspecified atom stereocenters. The third-order valence-corrected chi connectivity index (χ3v) is 2.83. The Kier molecular flexibility index (Phi) is 12.1. The summed E-state index contributed by atoms with van der Waals surface area (Å²) in [6.45, 7) is 2.23. The fourth-order valence-corrected chi connectivity index (χ4v) is 1.80. The highest BCUT2D eigenvalue weighted by molar-refractivity contribution is 5.68. The second-order valence-electron chi connectivity index (χ2n) is 4.39. The Morgan fingerprint density at radius 1 is 0.812 bits per heavy atom. The molecule has 0 heterocycles. The Hall–Kier alpha value is -0.570. The monoisotopic (exact) mass is 229 g/mol. The van der Waals surface area contributed by atoms with Gasteiger partial charge in [-0.05, 0) is 6.42 Å². The van der Waals surface area contributed by atoms with Gasteiger partial charge in [-0.25, -0.2) is 4.79 Å². The summed E-state index contributed by atoms with van der Waals surface area (Å²) in [5.41, 5.74) is 0. The summed E-state index contributed by atoms with van der Waals surface area (Å²) in [7, 11) is 0. The fraction of sp³-hybridized carbons (Fsp3) is 0.923. The van der Waals surface area contributed by atoms with Crippen molar-refractivity contribution in [2.24, 2.45) is 0 Å². The van der Waals surface area contributed by atoms with Gasteiger partial charge in [-0.1, -0.05) is 64.7 Å². The minimum absolute atomic E-state index is 0.278. The molecule has 3 nitrogen and oxygen atoms in total. The lowest BCUT2D eigenvalue weighted by atomic mass is 10.1. The minimum atomic E-state index is -0.625. The first-order chi connectivity index (χ1) is 7.81. The molecule has 1 radical (unpaired) electrons. The first-order valence-corrected chi connectivity index (χ1v) is 6.64. The number of rotatable bonds is 11. The third kappa shape index (κ3) is 11.5. The predicted molar refractivity (Wildman–Crippen MR) is 63.2 cm³/mol. The van der Waals surface area contributed by atoms with Gasteiger partial charge in [0.1, 0.15) is 0 Å². The Morgan fingerprint density at radius 2 is 1.25 bits per heavy atom. The van der Waals surface area contributed by atoms with Gasteiger partial charge in [0.15, 0.2) is 0 Å². The summed E-state index contributed by atoms with van der Waals surface area (Å²) in [5.74, 6) is -0.625. The molecule has 0 N–H and O–H groups in total. The van der Waals surface area contributed by atoms with Crippen LogP contribution in [0.1, 0.15) is 77.6 Å². The molecule has 0 amide bonds. The molecule has 0 bridgehead atoms. The van der Waals surface area contributed by atoms with Crippen LogP contribution in [-0.2, 0) is 14.9 Å². The van der Waals surface area contributed by atoms with E-state index in [1.165, 1.54) is 51.4 Å². The number of carbonyl (C=O) groups excluding carboxylic acids is 1. The van der Waals surface area contributed by atoms with Crippen molar-refractivity contribution < 1.29 is 14.9 Å². The first kappa shape index (κ1) is 15.4. The standard InChI is InChI=1S/C13H25O3/c1-2-3-4-5-6-7-8-9-10-11-12-13(14)16-15/h2-12H2,1H3. The molecule has 16 heavy (non-hydrogen) atoms. The van der Waals surface area contributed by atoms with Crippen molar-refractivity contribution in [2.75, 3.05) is 0 Å². The third-order valence-electron chi connectivity index (χ3n) is 2.83. The molecule has 0 aliphatic heterocycles. The van der Waals surface area contributed by atoms with Crippen LogP contribution in [0.2, 0.25) is 0 Å². The predicted octanol–water partition coefficient (Wildman–Crippen LogP) is 4.19. The van der Waals surface area contributed by atoms with Crippen LogP contribution in [0.5, 0.6) is 0 Å². The Morgan fingerprint density at radius 3 is 1.69 bits per heavy atom. The molecule has 0 aromatic rings. The van der Waals surface area contributed by atoms with E-state index in [0.717, 1.165) is 12.8 Å². The van der Waals surface area contributed by atoms with Crippen LogP contribution in [0.25, 0.3) is 0 Å². The average Bonchev–Trinajstić information content (AvgIpc) is 2.31. The number of unbranched alkanes of at least 4 members (excludes halogenated alkanes) is 9. The van der Waals surface area contributed by atoms with Crippen molar-refractivity contribution in [1.82, 2.24) is 0 Å². The van der Waals surface area contributed by atoms with Crippen molar-refractivity contribution in [3.8, 4) is 0 Å². The van der Waals surface area contributed by atoms with Gasteiger partial charge >= 0.3 is 5.97 Å². The summed E-state index contributed by atoms with van der Waals surface area (Å²) in [6, 6.07) is 0. The van der Waals surface area contributed by atoms with Crippen LogP contribution in [0, 0.1) is 0 Å². The first-order valence-electron chi connectivity index (χ1n) is 6.64. The van der Waals surface area contributed by atoms with Crippen LogP contribution in [-0.4, -0.2) is 5.97 Å². The molecule has 0 atom stereocenters. The molecular weight excluding hydrogens is 204 g/mol. The fourth-order valence-electron chi connectivity index (χ4n) is 1.80. The molecule has 95 valence electrons. The normalized spacial score (nSPS) is 10.4. The van der Waals surface area contributed by atoms with Gasteiger partial charge in [0.05, 0.1) is 0 Å². The average molecular weight is 229 g/mol. The number of hydrogen-bond donors (Lipinski definition) is 0. The molecule has 0 fully saturated rings. The molecule has 0 aromatic carbocycles. The second kappa shape index (κ2) is 12.5. The zero-order valence-electron chi connectivity index (χ0n) is 10.5. The highest BCUT2D eigenvalue weighted by Crippen LogP contribution is 2.11. The van der Waals surface area contributed by atoms with Gasteiger partial charge in [-0.15, -0.1) is 0 Å². The minimum Gasteiger partial charge on any atom is -0.266 e. The highest BCUT2D eigenvalue weighted by atomic mass is 17.1. The van der Waals surface area contributed by atoms with E-state index in [9.17, 15) is 10.1 Å². The maximum Gasteiger partial charge on any atom is 0.345 e. The molecule has 0 saturated carbocycles. The summed E-state index contributed by atoms with van der Waals surface area (Å²) in [6.07, 6.45) is 12.5. The van der Waals surface area contributed by atoms with Crippen LogP contribution in [0.4, 0.5) is 0 Å². The Bertz CT molecular complexity index is 157. The van der Waals surface area contributed by atoms with Gasteiger partial charge in [0, 0.05) is 11.7 Å². The van der Waals surface area contributed by atoms with Crippen LogP contribution < -0.4 is 0 Å². The summed E-state index contributed by atoms with van der Waals surface area (Å²) < 4.78 is 0. The van der Waals surface area contributed by atoms with E-state index < -0.39 is 5.97 Å². The van der Waals surface area contributed by atoms with E-state index in [1.807, 2.05) is 0 Å². The zero-order valence-corrected chi connectivity index (χ0v) is 10.5. The molecule has 0 saturated heterocycles. The molecule has 0 aliphatic carbocycles. The molecule has 0 spiro atoms. The number of carbonyl (C=O) groups is 1. The van der Waals surface area contributed by atoms with E-state index in [4.69, 9.17) is 0 Å². The Balaban J connectivity index is 2.96. The van der Waals surface area contributed by atoms with E-state index in [1.54, 1.807) is 0 Å². The van der Waals surface area contributed by atoms with Crippen LogP contribution in [0.15, 0.2) is 0 Å². The molecular formula is C13H25O3. The lowest BCUT2D eigenvalue weighted by Gasteiger charge is -2.01. The van der Waals surface area contributed by atoms with Crippen molar-refractivity contribution in [3.05, 3.63) is 0 Å². The lowest BCUT2D eigenvalue weighted by Crippen LogP contribution is -1.98. The van der Waals surface area contributed by atoms with Gasteiger partial charge in [0.25, 0.3) is 0 Å². The molecule has 0 aromatic heterocycles. The number of hydrogen-bond acceptors (Lipinski definition) is 2. The van der Waals surface area contributed by atoms with Crippen molar-refractivity contribution in [1.29, 1.82) is 0 Å². The summed E-state index contributed by atoms with van der Waals surface area (Å²) in [4.78, 5) is 13.9. The maximum absolute atomic E-state index is 10.5.